The van der Waals surface area contributed by atoms with Crippen LogP contribution in [0.4, 0.5) is 0 Å². The molecule has 0 fully saturated rings. The van der Waals surface area contributed by atoms with E-state index in [9.17, 15) is 5.11 Å². The maximum absolute atomic E-state index is 9.78. The second-order valence-corrected chi connectivity index (χ2v) is 3.49. The van der Waals surface area contributed by atoms with Crippen molar-refractivity contribution in [3.63, 3.8) is 0 Å². The van der Waals surface area contributed by atoms with Crippen LogP contribution in [0, 0.1) is 0 Å². The van der Waals surface area contributed by atoms with E-state index in [1.807, 2.05) is 6.92 Å². The molecule has 2 unspecified atom stereocenters. The van der Waals surface area contributed by atoms with Crippen LogP contribution in [0.2, 0.25) is 0 Å². The van der Waals surface area contributed by atoms with Gasteiger partial charge >= 0.3 is 0 Å². The maximum atomic E-state index is 9.78. The standard InChI is InChI=1S/C11H24O2/c1-4-7-9-10(12)11(8-5-2)13-6-3/h10-12H,4-9H2,1-3H3. The first-order chi connectivity index (χ1) is 6.26. The summed E-state index contributed by atoms with van der Waals surface area (Å²) in [5.41, 5.74) is 0. The van der Waals surface area contributed by atoms with E-state index in [0.29, 0.717) is 6.61 Å². The van der Waals surface area contributed by atoms with Gasteiger partial charge in [-0.15, -0.1) is 0 Å². The first kappa shape index (κ1) is 12.9. The molecule has 0 saturated carbocycles. The van der Waals surface area contributed by atoms with Crippen molar-refractivity contribution in [1.82, 2.24) is 0 Å². The lowest BCUT2D eigenvalue weighted by atomic mass is 10.0. The summed E-state index contributed by atoms with van der Waals surface area (Å²) in [7, 11) is 0. The quantitative estimate of drug-likeness (QED) is 0.634. The van der Waals surface area contributed by atoms with Gasteiger partial charge in [0, 0.05) is 6.61 Å². The molecule has 2 nitrogen and oxygen atoms in total. The Morgan fingerprint density at radius 3 is 2.23 bits per heavy atom. The van der Waals surface area contributed by atoms with Crippen LogP contribution in [0.1, 0.15) is 52.9 Å². The summed E-state index contributed by atoms with van der Waals surface area (Å²) in [6.07, 6.45) is 4.95. The average Bonchev–Trinajstić information content (AvgIpc) is 2.14. The van der Waals surface area contributed by atoms with E-state index >= 15 is 0 Å². The first-order valence-electron chi connectivity index (χ1n) is 5.55. The Kier molecular flexibility index (Phi) is 8.46. The third-order valence-corrected chi connectivity index (χ3v) is 2.24. The van der Waals surface area contributed by atoms with Gasteiger partial charge in [0.05, 0.1) is 12.2 Å². The highest BCUT2D eigenvalue weighted by Gasteiger charge is 2.17. The number of hydrogen-bond acceptors (Lipinski definition) is 2. The smallest absolute Gasteiger partial charge is 0.0833 e. The lowest BCUT2D eigenvalue weighted by Crippen LogP contribution is -2.28. The number of rotatable bonds is 8. The van der Waals surface area contributed by atoms with E-state index in [0.717, 1.165) is 32.1 Å². The molecule has 0 radical (unpaired) electrons. The Morgan fingerprint density at radius 1 is 1.08 bits per heavy atom. The molecule has 0 bridgehead atoms. The highest BCUT2D eigenvalue weighted by Crippen LogP contribution is 2.12. The summed E-state index contributed by atoms with van der Waals surface area (Å²) in [4.78, 5) is 0. The van der Waals surface area contributed by atoms with Crippen LogP contribution < -0.4 is 0 Å². The summed E-state index contributed by atoms with van der Waals surface area (Å²) in [5.74, 6) is 0. The molecule has 80 valence electrons. The Bertz CT molecular complexity index is 98.3. The summed E-state index contributed by atoms with van der Waals surface area (Å²) >= 11 is 0. The number of ether oxygens (including phenoxy) is 1. The van der Waals surface area contributed by atoms with Crippen molar-refractivity contribution in [3.8, 4) is 0 Å². The second-order valence-electron chi connectivity index (χ2n) is 3.49. The Morgan fingerprint density at radius 2 is 1.77 bits per heavy atom. The van der Waals surface area contributed by atoms with E-state index in [1.165, 1.54) is 0 Å². The zero-order chi connectivity index (χ0) is 10.1. The zero-order valence-electron chi connectivity index (χ0n) is 9.25. The van der Waals surface area contributed by atoms with Crippen LogP contribution in [-0.2, 0) is 4.74 Å². The largest absolute Gasteiger partial charge is 0.390 e. The van der Waals surface area contributed by atoms with Gasteiger partial charge in [0.1, 0.15) is 0 Å². The molecule has 13 heavy (non-hydrogen) atoms. The number of hydrogen-bond donors (Lipinski definition) is 1. The zero-order valence-corrected chi connectivity index (χ0v) is 9.25. The lowest BCUT2D eigenvalue weighted by Gasteiger charge is -2.22. The van der Waals surface area contributed by atoms with Gasteiger partial charge in [0.25, 0.3) is 0 Å². The van der Waals surface area contributed by atoms with Crippen LogP contribution in [-0.4, -0.2) is 23.9 Å². The van der Waals surface area contributed by atoms with E-state index < -0.39 is 0 Å². The Balaban J connectivity index is 3.72. The van der Waals surface area contributed by atoms with Crippen molar-refractivity contribution in [2.24, 2.45) is 0 Å². The predicted octanol–water partition coefficient (Wildman–Crippen LogP) is 2.74. The molecule has 0 aliphatic heterocycles. The van der Waals surface area contributed by atoms with E-state index in [1.54, 1.807) is 0 Å². The maximum Gasteiger partial charge on any atom is 0.0833 e. The van der Waals surface area contributed by atoms with Crippen LogP contribution in [0.15, 0.2) is 0 Å². The van der Waals surface area contributed by atoms with Crippen molar-refractivity contribution < 1.29 is 9.84 Å². The molecule has 0 aromatic heterocycles. The molecule has 0 heterocycles. The van der Waals surface area contributed by atoms with Gasteiger partial charge < -0.3 is 9.84 Å². The molecule has 0 aliphatic carbocycles. The molecule has 2 heteroatoms. The number of aliphatic hydroxyl groups excluding tert-OH is 1. The van der Waals surface area contributed by atoms with E-state index in [-0.39, 0.29) is 12.2 Å². The topological polar surface area (TPSA) is 29.5 Å². The normalized spacial score (nSPS) is 15.7. The molecule has 0 spiro atoms. The van der Waals surface area contributed by atoms with Gasteiger partial charge in [-0.25, -0.2) is 0 Å². The molecule has 0 aromatic carbocycles. The van der Waals surface area contributed by atoms with Crippen LogP contribution in [0.3, 0.4) is 0 Å². The fraction of sp³-hybridized carbons (Fsp3) is 1.00. The molecule has 0 rings (SSSR count). The SMILES string of the molecule is CCCCC(O)C(CCC)OCC. The minimum atomic E-state index is -0.264. The molecular formula is C11H24O2. The van der Waals surface area contributed by atoms with Gasteiger partial charge in [-0.3, -0.25) is 0 Å². The van der Waals surface area contributed by atoms with Gasteiger partial charge in [-0.2, -0.15) is 0 Å². The van der Waals surface area contributed by atoms with Crippen molar-refractivity contribution in [2.45, 2.75) is 65.1 Å². The molecular weight excluding hydrogens is 164 g/mol. The highest BCUT2D eigenvalue weighted by atomic mass is 16.5. The van der Waals surface area contributed by atoms with Crippen LogP contribution >= 0.6 is 0 Å². The first-order valence-corrected chi connectivity index (χ1v) is 5.55. The van der Waals surface area contributed by atoms with Crippen molar-refractivity contribution in [1.29, 1.82) is 0 Å². The fourth-order valence-corrected chi connectivity index (χ4v) is 1.48. The monoisotopic (exact) mass is 188 g/mol. The third-order valence-electron chi connectivity index (χ3n) is 2.24. The van der Waals surface area contributed by atoms with Gasteiger partial charge in [-0.05, 0) is 19.8 Å². The molecule has 0 amide bonds. The van der Waals surface area contributed by atoms with Crippen molar-refractivity contribution in [2.75, 3.05) is 6.61 Å². The average molecular weight is 188 g/mol. The molecule has 0 aromatic rings. The van der Waals surface area contributed by atoms with Crippen LogP contribution in [0.5, 0.6) is 0 Å². The van der Waals surface area contributed by atoms with Gasteiger partial charge in [0.15, 0.2) is 0 Å². The Labute approximate surface area is 82.3 Å². The summed E-state index contributed by atoms with van der Waals surface area (Å²) in [6, 6.07) is 0. The number of aliphatic hydroxyl groups is 1. The highest BCUT2D eigenvalue weighted by molar-refractivity contribution is 4.68. The minimum Gasteiger partial charge on any atom is -0.390 e. The van der Waals surface area contributed by atoms with E-state index in [2.05, 4.69) is 13.8 Å². The molecule has 2 atom stereocenters. The van der Waals surface area contributed by atoms with Crippen molar-refractivity contribution >= 4 is 0 Å². The minimum absolute atomic E-state index is 0.0570. The van der Waals surface area contributed by atoms with Gasteiger partial charge in [-0.1, -0.05) is 33.1 Å². The summed E-state index contributed by atoms with van der Waals surface area (Å²) < 4.78 is 5.49. The van der Waals surface area contributed by atoms with E-state index in [4.69, 9.17) is 4.74 Å². The summed E-state index contributed by atoms with van der Waals surface area (Å²) in [5, 5.41) is 9.78. The molecule has 1 N–H and O–H groups in total. The summed E-state index contributed by atoms with van der Waals surface area (Å²) in [6.45, 7) is 6.95. The predicted molar refractivity (Wildman–Crippen MR) is 55.9 cm³/mol. The second kappa shape index (κ2) is 8.52. The molecule has 0 aliphatic rings. The van der Waals surface area contributed by atoms with Crippen LogP contribution in [0.25, 0.3) is 0 Å². The lowest BCUT2D eigenvalue weighted by molar-refractivity contribution is -0.0406. The fourth-order valence-electron chi connectivity index (χ4n) is 1.48. The molecule has 0 saturated heterocycles. The van der Waals surface area contributed by atoms with Crippen molar-refractivity contribution in [3.05, 3.63) is 0 Å². The third kappa shape index (κ3) is 6.05. The number of unbranched alkanes of at least 4 members (excludes halogenated alkanes) is 1. The Hall–Kier alpha value is -0.0800. The van der Waals surface area contributed by atoms with Gasteiger partial charge in [0.2, 0.25) is 0 Å².